The van der Waals surface area contributed by atoms with E-state index in [1.54, 1.807) is 43.9 Å². The van der Waals surface area contributed by atoms with Crippen molar-refractivity contribution >= 4 is 39.2 Å². The number of nitrogens with one attached hydrogen (secondary N) is 2. The van der Waals surface area contributed by atoms with Crippen molar-refractivity contribution in [1.82, 2.24) is 15.0 Å². The molecule has 0 fully saturated rings. The van der Waals surface area contributed by atoms with Crippen LogP contribution in [0.1, 0.15) is 17.2 Å². The Labute approximate surface area is 232 Å². The summed E-state index contributed by atoms with van der Waals surface area (Å²) in [7, 11) is -2.21. The predicted octanol–water partition coefficient (Wildman–Crippen LogP) is 5.51. The first-order chi connectivity index (χ1) is 19.4. The van der Waals surface area contributed by atoms with Gasteiger partial charge in [-0.2, -0.15) is 0 Å². The molecule has 0 amide bonds. The summed E-state index contributed by atoms with van der Waals surface area (Å²) in [6, 6.07) is 23.3. The molecule has 5 aromatic rings. The van der Waals surface area contributed by atoms with Crippen molar-refractivity contribution in [3.63, 3.8) is 0 Å². The molecule has 40 heavy (non-hydrogen) atoms. The van der Waals surface area contributed by atoms with Gasteiger partial charge in [-0.25, -0.2) is 13.4 Å². The van der Waals surface area contributed by atoms with Crippen LogP contribution in [0.25, 0.3) is 22.2 Å². The molecule has 0 bridgehead atoms. The quantitative estimate of drug-likeness (QED) is 0.221. The minimum atomic E-state index is -3.86. The Kier molecular flexibility index (Phi) is 7.88. The van der Waals surface area contributed by atoms with Crippen LogP contribution in [-0.2, 0) is 16.6 Å². The van der Waals surface area contributed by atoms with E-state index in [0.717, 1.165) is 11.1 Å². The van der Waals surface area contributed by atoms with E-state index in [1.807, 2.05) is 48.5 Å². The molecular formula is C30H26N6O3S. The van der Waals surface area contributed by atoms with E-state index in [-0.39, 0.29) is 10.8 Å². The van der Waals surface area contributed by atoms with Crippen LogP contribution in [0.3, 0.4) is 0 Å². The van der Waals surface area contributed by atoms with Gasteiger partial charge in [0.1, 0.15) is 12.4 Å². The van der Waals surface area contributed by atoms with Crippen molar-refractivity contribution in [3.05, 3.63) is 109 Å². The van der Waals surface area contributed by atoms with Gasteiger partial charge < -0.3 is 10.1 Å². The molecule has 0 aliphatic rings. The van der Waals surface area contributed by atoms with E-state index in [2.05, 4.69) is 24.7 Å². The van der Waals surface area contributed by atoms with Crippen LogP contribution >= 0.6 is 0 Å². The summed E-state index contributed by atoms with van der Waals surface area (Å²) in [5, 5.41) is 7.65. The second-order valence-corrected chi connectivity index (χ2v) is 10.6. The third kappa shape index (κ3) is 6.19. The molecule has 0 saturated heterocycles. The molecule has 200 valence electrons. The Morgan fingerprint density at radius 2 is 1.75 bits per heavy atom. The topological polar surface area (TPSA) is 130 Å². The number of hydrogen-bond acceptors (Lipinski definition) is 8. The number of fused-ring (bicyclic) bond motifs is 1. The van der Waals surface area contributed by atoms with E-state index in [1.165, 1.54) is 24.5 Å². The Hall–Kier alpha value is -4.96. The standard InChI is InChI=1S/C30H26N6O3S/c1-32-16-24(15-31)30-19-34-28-12-7-22(14-29(28)35-30)23-13-25(18-33-17-23)36-40(37,38)27-10-8-26(9-11-27)39-20-21-5-3-2-4-6-21/h2-19,24,31,36H,20H2,1H3. The van der Waals surface area contributed by atoms with Gasteiger partial charge >= 0.3 is 0 Å². The molecule has 2 heterocycles. The summed E-state index contributed by atoms with van der Waals surface area (Å²) in [6.07, 6.45) is 7.64. The molecule has 1 atom stereocenters. The van der Waals surface area contributed by atoms with Crippen LogP contribution in [0.5, 0.6) is 5.75 Å². The average molecular weight is 551 g/mol. The zero-order valence-electron chi connectivity index (χ0n) is 21.6. The van der Waals surface area contributed by atoms with Gasteiger partial charge in [0, 0.05) is 31.2 Å². The minimum absolute atomic E-state index is 0.106. The van der Waals surface area contributed by atoms with Crippen molar-refractivity contribution in [3.8, 4) is 16.9 Å². The summed E-state index contributed by atoms with van der Waals surface area (Å²) >= 11 is 0. The lowest BCUT2D eigenvalue weighted by Crippen LogP contribution is -2.13. The summed E-state index contributed by atoms with van der Waals surface area (Å²) in [5.74, 6) is 0.206. The fourth-order valence-electron chi connectivity index (χ4n) is 4.05. The molecule has 2 aromatic heterocycles. The summed E-state index contributed by atoms with van der Waals surface area (Å²) in [5.41, 5.74) is 4.80. The normalized spacial score (nSPS) is 12.3. The van der Waals surface area contributed by atoms with E-state index in [4.69, 9.17) is 10.1 Å². The highest BCUT2D eigenvalue weighted by molar-refractivity contribution is 7.92. The minimum Gasteiger partial charge on any atom is -0.489 e. The zero-order valence-corrected chi connectivity index (χ0v) is 22.4. The van der Waals surface area contributed by atoms with Crippen LogP contribution in [0.2, 0.25) is 0 Å². The third-order valence-corrected chi connectivity index (χ3v) is 7.49. The molecule has 0 aliphatic heterocycles. The Balaban J connectivity index is 1.33. The van der Waals surface area contributed by atoms with Crippen molar-refractivity contribution in [2.75, 3.05) is 11.8 Å². The molecule has 9 nitrogen and oxygen atoms in total. The highest BCUT2D eigenvalue weighted by atomic mass is 32.2. The van der Waals surface area contributed by atoms with Crippen molar-refractivity contribution in [2.45, 2.75) is 17.4 Å². The number of nitrogens with zero attached hydrogens (tertiary/aromatic N) is 4. The second kappa shape index (κ2) is 11.8. The summed E-state index contributed by atoms with van der Waals surface area (Å²) in [4.78, 5) is 17.5. The lowest BCUT2D eigenvalue weighted by molar-refractivity contribution is 0.306. The third-order valence-electron chi connectivity index (χ3n) is 6.10. The highest BCUT2D eigenvalue weighted by Gasteiger charge is 2.16. The van der Waals surface area contributed by atoms with Crippen molar-refractivity contribution < 1.29 is 13.2 Å². The summed E-state index contributed by atoms with van der Waals surface area (Å²) < 4.78 is 34.5. The lowest BCUT2D eigenvalue weighted by Gasteiger charge is -2.11. The monoisotopic (exact) mass is 550 g/mol. The number of aliphatic imine (C=N–C) groups is 1. The van der Waals surface area contributed by atoms with Gasteiger partial charge in [-0.15, -0.1) is 0 Å². The molecule has 1 unspecified atom stereocenters. The lowest BCUT2D eigenvalue weighted by atomic mass is 10.1. The first kappa shape index (κ1) is 26.6. The average Bonchev–Trinajstić information content (AvgIpc) is 2.99. The molecule has 5 rings (SSSR count). The maximum absolute atomic E-state index is 13.1. The smallest absolute Gasteiger partial charge is 0.261 e. The number of aromatic nitrogens is 3. The first-order valence-electron chi connectivity index (χ1n) is 12.4. The molecule has 10 heteroatoms. The molecule has 3 aromatic carbocycles. The molecule has 0 aliphatic carbocycles. The largest absolute Gasteiger partial charge is 0.489 e. The van der Waals surface area contributed by atoms with E-state index < -0.39 is 10.0 Å². The Morgan fingerprint density at radius 1 is 0.950 bits per heavy atom. The Morgan fingerprint density at radius 3 is 2.50 bits per heavy atom. The fourth-order valence-corrected chi connectivity index (χ4v) is 5.09. The zero-order chi connectivity index (χ0) is 28.0. The SMILES string of the molecule is CN=CC(C=N)c1cnc2ccc(-c3cncc(NS(=O)(=O)c4ccc(OCc5ccccc5)cc4)c3)cc2n1. The second-order valence-electron chi connectivity index (χ2n) is 8.91. The van der Waals surface area contributed by atoms with E-state index in [9.17, 15) is 8.42 Å². The number of sulfonamides is 1. The number of hydrogen-bond donors (Lipinski definition) is 2. The van der Waals surface area contributed by atoms with Crippen LogP contribution in [0.15, 0.2) is 107 Å². The fraction of sp³-hybridized carbons (Fsp3) is 0.100. The van der Waals surface area contributed by atoms with Crippen molar-refractivity contribution in [1.29, 1.82) is 5.41 Å². The number of ether oxygens (including phenoxy) is 1. The molecule has 0 spiro atoms. The van der Waals surface area contributed by atoms with Gasteiger partial charge in [0.05, 0.1) is 45.6 Å². The summed E-state index contributed by atoms with van der Waals surface area (Å²) in [6.45, 7) is 0.390. The molecular weight excluding hydrogens is 524 g/mol. The van der Waals surface area contributed by atoms with Gasteiger partial charge in [0.25, 0.3) is 10.0 Å². The number of benzene rings is 3. The highest BCUT2D eigenvalue weighted by Crippen LogP contribution is 2.27. The number of anilines is 1. The van der Waals surface area contributed by atoms with Crippen LogP contribution < -0.4 is 9.46 Å². The maximum atomic E-state index is 13.1. The van der Waals surface area contributed by atoms with Crippen molar-refractivity contribution in [2.24, 2.45) is 4.99 Å². The molecule has 0 saturated carbocycles. The van der Waals surface area contributed by atoms with E-state index >= 15 is 0 Å². The van der Waals surface area contributed by atoms with Gasteiger partial charge in [0.2, 0.25) is 0 Å². The van der Waals surface area contributed by atoms with Gasteiger partial charge in [-0.3, -0.25) is 19.7 Å². The molecule has 2 N–H and O–H groups in total. The number of rotatable bonds is 10. The first-order valence-corrected chi connectivity index (χ1v) is 13.9. The van der Waals surface area contributed by atoms with E-state index in [0.29, 0.717) is 40.3 Å². The number of pyridine rings is 1. The Bertz CT molecular complexity index is 1780. The maximum Gasteiger partial charge on any atom is 0.261 e. The van der Waals surface area contributed by atoms with Gasteiger partial charge in [-0.05, 0) is 53.6 Å². The van der Waals surface area contributed by atoms with Gasteiger partial charge in [0.15, 0.2) is 0 Å². The van der Waals surface area contributed by atoms with Crippen LogP contribution in [0.4, 0.5) is 5.69 Å². The molecule has 0 radical (unpaired) electrons. The predicted molar refractivity (Wildman–Crippen MR) is 157 cm³/mol. The van der Waals surface area contributed by atoms with Crippen LogP contribution in [-0.4, -0.2) is 42.8 Å². The van der Waals surface area contributed by atoms with Gasteiger partial charge in [-0.1, -0.05) is 36.4 Å². The van der Waals surface area contributed by atoms with Crippen LogP contribution in [0, 0.1) is 5.41 Å².